The normalized spacial score (nSPS) is 16.9. The molecule has 0 bridgehead atoms. The molecule has 0 spiro atoms. The molecule has 1 atom stereocenters. The number of carbonyl (C=O) groups excluding carboxylic acids is 1. The Morgan fingerprint density at radius 1 is 1.18 bits per heavy atom. The number of carbonyl (C=O) groups is 1. The first-order valence-electron chi connectivity index (χ1n) is 9.74. The fourth-order valence-corrected chi connectivity index (χ4v) is 4.34. The van der Waals surface area contributed by atoms with Gasteiger partial charge in [0, 0.05) is 32.0 Å². The van der Waals surface area contributed by atoms with Crippen molar-refractivity contribution in [3.63, 3.8) is 0 Å². The monoisotopic (exact) mass is 395 g/mol. The third-order valence-corrected chi connectivity index (χ3v) is 6.12. The minimum atomic E-state index is 0.00527. The van der Waals surface area contributed by atoms with Crippen LogP contribution in [0.1, 0.15) is 24.0 Å². The van der Waals surface area contributed by atoms with Crippen LogP contribution in [0.5, 0.6) is 0 Å². The zero-order valence-electron chi connectivity index (χ0n) is 16.0. The van der Waals surface area contributed by atoms with Crippen LogP contribution in [0, 0.1) is 12.8 Å². The molecule has 0 saturated carbocycles. The van der Waals surface area contributed by atoms with E-state index in [1.165, 1.54) is 11.1 Å². The van der Waals surface area contributed by atoms with E-state index in [9.17, 15) is 4.79 Å². The van der Waals surface area contributed by atoms with Crippen LogP contribution in [0.3, 0.4) is 0 Å². The quantitative estimate of drug-likeness (QED) is 0.696. The lowest BCUT2D eigenvalue weighted by Crippen LogP contribution is -2.43. The highest BCUT2D eigenvalue weighted by molar-refractivity contribution is 7.17. The van der Waals surface area contributed by atoms with Gasteiger partial charge in [0.2, 0.25) is 16.2 Å². The number of amides is 1. The lowest BCUT2D eigenvalue weighted by Gasteiger charge is -2.31. The van der Waals surface area contributed by atoms with Crippen molar-refractivity contribution < 1.29 is 4.79 Å². The van der Waals surface area contributed by atoms with Crippen LogP contribution < -0.4 is 10.2 Å². The highest BCUT2D eigenvalue weighted by Gasteiger charge is 2.27. The van der Waals surface area contributed by atoms with E-state index >= 15 is 0 Å². The van der Waals surface area contributed by atoms with Crippen molar-refractivity contribution in [1.29, 1.82) is 0 Å². The van der Waals surface area contributed by atoms with Gasteiger partial charge < -0.3 is 10.2 Å². The largest absolute Gasteiger partial charge is 0.355 e. The minimum Gasteiger partial charge on any atom is -0.355 e. The first-order chi connectivity index (χ1) is 13.7. The molecule has 1 amide bonds. The smallest absolute Gasteiger partial charge is 0.224 e. The number of nitrogens with zero attached hydrogens (tertiary/aromatic N) is 4. The van der Waals surface area contributed by atoms with Crippen LogP contribution in [0.15, 0.2) is 48.8 Å². The van der Waals surface area contributed by atoms with Gasteiger partial charge in [-0.05, 0) is 43.9 Å². The average Bonchev–Trinajstić information content (AvgIpc) is 3.41. The summed E-state index contributed by atoms with van der Waals surface area (Å²) >= 11 is 1.56. The summed E-state index contributed by atoms with van der Waals surface area (Å²) in [6.45, 7) is 4.39. The maximum Gasteiger partial charge on any atom is 0.224 e. The SMILES string of the molecule is Cc1ccc(CCNC(=O)[C@@H]2CCCN(c3nnc(-n4cccc4)s3)C2)cc1. The van der Waals surface area contributed by atoms with Gasteiger partial charge in [0.25, 0.3) is 0 Å². The van der Waals surface area contributed by atoms with Gasteiger partial charge in [-0.2, -0.15) is 0 Å². The Morgan fingerprint density at radius 3 is 2.71 bits per heavy atom. The molecule has 146 valence electrons. The predicted octanol–water partition coefficient (Wildman–Crippen LogP) is 3.21. The average molecular weight is 396 g/mol. The number of rotatable bonds is 6. The summed E-state index contributed by atoms with van der Waals surface area (Å²) < 4.78 is 1.96. The Kier molecular flexibility index (Phi) is 5.71. The summed E-state index contributed by atoms with van der Waals surface area (Å²) in [7, 11) is 0. The third kappa shape index (κ3) is 4.42. The van der Waals surface area contributed by atoms with Crippen molar-refractivity contribution in [2.45, 2.75) is 26.2 Å². The van der Waals surface area contributed by atoms with E-state index in [4.69, 9.17) is 0 Å². The Bertz CT molecular complexity index is 903. The van der Waals surface area contributed by atoms with E-state index in [0.29, 0.717) is 13.1 Å². The summed E-state index contributed by atoms with van der Waals surface area (Å²) in [5, 5.41) is 13.5. The summed E-state index contributed by atoms with van der Waals surface area (Å²) in [6, 6.07) is 12.4. The fraction of sp³-hybridized carbons (Fsp3) is 0.381. The predicted molar refractivity (Wildman–Crippen MR) is 112 cm³/mol. The number of piperidine rings is 1. The molecule has 6 nitrogen and oxygen atoms in total. The second-order valence-corrected chi connectivity index (χ2v) is 8.20. The first-order valence-corrected chi connectivity index (χ1v) is 10.6. The molecular weight excluding hydrogens is 370 g/mol. The van der Waals surface area contributed by atoms with Crippen molar-refractivity contribution >= 4 is 22.4 Å². The molecule has 0 radical (unpaired) electrons. The minimum absolute atomic E-state index is 0.00527. The molecule has 2 aromatic heterocycles. The number of hydrogen-bond acceptors (Lipinski definition) is 5. The summed E-state index contributed by atoms with van der Waals surface area (Å²) in [5.41, 5.74) is 2.51. The van der Waals surface area contributed by atoms with Crippen LogP contribution in [-0.4, -0.2) is 40.3 Å². The van der Waals surface area contributed by atoms with Crippen molar-refractivity contribution in [1.82, 2.24) is 20.1 Å². The molecule has 3 aromatic rings. The van der Waals surface area contributed by atoms with Crippen LogP contribution in [-0.2, 0) is 11.2 Å². The van der Waals surface area contributed by atoms with E-state index in [2.05, 4.69) is 51.6 Å². The molecule has 4 rings (SSSR count). The lowest BCUT2D eigenvalue weighted by molar-refractivity contribution is -0.125. The van der Waals surface area contributed by atoms with Gasteiger partial charge in [0.1, 0.15) is 0 Å². The van der Waals surface area contributed by atoms with Crippen molar-refractivity contribution in [3.05, 3.63) is 59.9 Å². The van der Waals surface area contributed by atoms with E-state index in [1.807, 2.05) is 29.1 Å². The molecule has 0 aliphatic carbocycles. The number of aromatic nitrogens is 3. The maximum atomic E-state index is 12.6. The van der Waals surface area contributed by atoms with Crippen LogP contribution >= 0.6 is 11.3 Å². The van der Waals surface area contributed by atoms with Gasteiger partial charge >= 0.3 is 0 Å². The first kappa shape index (κ1) is 18.7. The van der Waals surface area contributed by atoms with Crippen LogP contribution in [0.2, 0.25) is 0 Å². The van der Waals surface area contributed by atoms with Crippen LogP contribution in [0.4, 0.5) is 5.13 Å². The second kappa shape index (κ2) is 8.56. The van der Waals surface area contributed by atoms with Gasteiger partial charge in [-0.3, -0.25) is 9.36 Å². The molecular formula is C21H25N5OS. The molecule has 1 aliphatic heterocycles. The van der Waals surface area contributed by atoms with Crippen molar-refractivity contribution in [2.75, 3.05) is 24.5 Å². The van der Waals surface area contributed by atoms with E-state index in [-0.39, 0.29) is 11.8 Å². The highest BCUT2D eigenvalue weighted by atomic mass is 32.1. The number of nitrogens with one attached hydrogen (secondary N) is 1. The molecule has 3 heterocycles. The molecule has 1 fully saturated rings. The lowest BCUT2D eigenvalue weighted by atomic mass is 9.97. The molecule has 1 N–H and O–H groups in total. The van der Waals surface area contributed by atoms with E-state index in [0.717, 1.165) is 36.1 Å². The van der Waals surface area contributed by atoms with Crippen LogP contribution in [0.25, 0.3) is 5.13 Å². The molecule has 1 aliphatic rings. The van der Waals surface area contributed by atoms with E-state index < -0.39 is 0 Å². The standard InChI is InChI=1S/C21H25N5OS/c1-16-6-8-17(9-7-16)10-11-22-19(27)18-5-4-14-26(15-18)21-24-23-20(28-21)25-12-2-3-13-25/h2-3,6-9,12-13,18H,4-5,10-11,14-15H2,1H3,(H,22,27)/t18-/m1/s1. The third-order valence-electron chi connectivity index (χ3n) is 5.13. The molecule has 0 unspecified atom stereocenters. The Morgan fingerprint density at radius 2 is 1.93 bits per heavy atom. The van der Waals surface area contributed by atoms with Gasteiger partial charge in [-0.1, -0.05) is 41.2 Å². The van der Waals surface area contributed by atoms with Gasteiger partial charge in [-0.25, -0.2) is 0 Å². The van der Waals surface area contributed by atoms with Crippen molar-refractivity contribution in [3.8, 4) is 5.13 Å². The molecule has 28 heavy (non-hydrogen) atoms. The zero-order chi connectivity index (χ0) is 19.3. The van der Waals surface area contributed by atoms with Crippen molar-refractivity contribution in [2.24, 2.45) is 5.92 Å². The Hall–Kier alpha value is -2.67. The molecule has 1 saturated heterocycles. The molecule has 7 heteroatoms. The summed E-state index contributed by atoms with van der Waals surface area (Å²) in [4.78, 5) is 14.8. The highest BCUT2D eigenvalue weighted by Crippen LogP contribution is 2.27. The van der Waals surface area contributed by atoms with Gasteiger partial charge in [0.05, 0.1) is 5.92 Å². The second-order valence-electron chi connectivity index (χ2n) is 7.27. The van der Waals surface area contributed by atoms with E-state index in [1.54, 1.807) is 11.3 Å². The number of benzene rings is 1. The number of anilines is 1. The zero-order valence-corrected chi connectivity index (χ0v) is 16.9. The summed E-state index contributed by atoms with van der Waals surface area (Å²) in [5.74, 6) is 0.151. The van der Waals surface area contributed by atoms with Gasteiger partial charge in [-0.15, -0.1) is 10.2 Å². The molecule has 1 aromatic carbocycles. The van der Waals surface area contributed by atoms with Gasteiger partial charge in [0.15, 0.2) is 0 Å². The Labute approximate surface area is 169 Å². The maximum absolute atomic E-state index is 12.6. The Balaban J connectivity index is 1.30. The fourth-order valence-electron chi connectivity index (χ4n) is 3.50. The number of hydrogen-bond donors (Lipinski definition) is 1. The number of aryl methyl sites for hydroxylation is 1. The summed E-state index contributed by atoms with van der Waals surface area (Å²) in [6.07, 6.45) is 6.71. The topological polar surface area (TPSA) is 63.1 Å².